The summed E-state index contributed by atoms with van der Waals surface area (Å²) in [6, 6.07) is 4.60. The van der Waals surface area contributed by atoms with E-state index in [2.05, 4.69) is 11.8 Å². The molecule has 0 radical (unpaired) electrons. The van der Waals surface area contributed by atoms with E-state index in [-0.39, 0.29) is 29.0 Å². The molecule has 7 heteroatoms. The molecule has 1 aliphatic rings. The van der Waals surface area contributed by atoms with Crippen LogP contribution in [0.2, 0.25) is 5.02 Å². The number of nitrogens with zero attached hydrogens (tertiary/aromatic N) is 1. The maximum atomic E-state index is 12.5. The predicted molar refractivity (Wildman–Crippen MR) is 81.3 cm³/mol. The van der Waals surface area contributed by atoms with Gasteiger partial charge in [0.15, 0.2) is 0 Å². The lowest BCUT2D eigenvalue weighted by Crippen LogP contribution is -2.29. The normalized spacial score (nSPS) is 19.3. The molecule has 1 atom stereocenters. The van der Waals surface area contributed by atoms with Gasteiger partial charge in [-0.15, -0.1) is 0 Å². The Balaban J connectivity index is 2.29. The first-order chi connectivity index (χ1) is 9.98. The van der Waals surface area contributed by atoms with E-state index >= 15 is 0 Å². The van der Waals surface area contributed by atoms with Gasteiger partial charge in [0.2, 0.25) is 10.0 Å². The first-order valence-electron chi connectivity index (χ1n) is 6.58. The number of rotatable bonds is 3. The Morgan fingerprint density at radius 3 is 2.81 bits per heavy atom. The Labute approximate surface area is 129 Å². The van der Waals surface area contributed by atoms with Crippen molar-refractivity contribution in [1.29, 1.82) is 0 Å². The molecule has 0 amide bonds. The monoisotopic (exact) mass is 328 g/mol. The zero-order chi connectivity index (χ0) is 15.5. The number of sulfonamides is 1. The minimum atomic E-state index is -3.63. The number of aliphatic hydroxyl groups is 1. The molecule has 1 heterocycles. The zero-order valence-electron chi connectivity index (χ0n) is 11.4. The minimum absolute atomic E-state index is 0.00626. The molecule has 1 aromatic carbocycles. The lowest BCUT2D eigenvalue weighted by molar-refractivity contribution is 0.233. The summed E-state index contributed by atoms with van der Waals surface area (Å²) in [5.74, 6) is 5.49. The van der Waals surface area contributed by atoms with E-state index < -0.39 is 10.0 Å². The standard InChI is InChI=1S/C14H17ClN2O3S/c15-13-8-11(2-1-6-16)3-4-14(13)21(19,20)17-7-5-12(9-17)10-18/h3-4,8,12,18H,5-7,9-10,16H2. The van der Waals surface area contributed by atoms with Crippen LogP contribution in [0.4, 0.5) is 0 Å². The second-order valence-electron chi connectivity index (χ2n) is 4.85. The summed E-state index contributed by atoms with van der Waals surface area (Å²) in [7, 11) is -3.63. The molecule has 0 spiro atoms. The summed E-state index contributed by atoms with van der Waals surface area (Å²) in [5, 5.41) is 9.27. The Morgan fingerprint density at radius 1 is 1.48 bits per heavy atom. The number of nitrogens with two attached hydrogens (primary N) is 1. The van der Waals surface area contributed by atoms with Gasteiger partial charge in [0.1, 0.15) is 4.90 Å². The Hall–Kier alpha value is -1.10. The molecular weight excluding hydrogens is 312 g/mol. The lowest BCUT2D eigenvalue weighted by Gasteiger charge is -2.17. The van der Waals surface area contributed by atoms with E-state index in [4.69, 9.17) is 22.4 Å². The molecule has 3 N–H and O–H groups in total. The van der Waals surface area contributed by atoms with Gasteiger partial charge in [0.25, 0.3) is 0 Å². The van der Waals surface area contributed by atoms with E-state index in [1.807, 2.05) is 0 Å². The molecular formula is C14H17ClN2O3S. The highest BCUT2D eigenvalue weighted by molar-refractivity contribution is 7.89. The minimum Gasteiger partial charge on any atom is -0.396 e. The summed E-state index contributed by atoms with van der Waals surface area (Å²) in [4.78, 5) is 0.0704. The molecule has 1 fully saturated rings. The van der Waals surface area contributed by atoms with Gasteiger partial charge in [-0.2, -0.15) is 4.31 Å². The summed E-state index contributed by atoms with van der Waals surface area (Å²) in [6.45, 7) is 0.948. The van der Waals surface area contributed by atoms with Gasteiger partial charge in [-0.3, -0.25) is 0 Å². The van der Waals surface area contributed by atoms with Crippen molar-refractivity contribution >= 4 is 21.6 Å². The molecule has 2 rings (SSSR count). The first kappa shape index (κ1) is 16.3. The third-order valence-corrected chi connectivity index (χ3v) is 5.74. The molecule has 1 aliphatic heterocycles. The largest absolute Gasteiger partial charge is 0.396 e. The smallest absolute Gasteiger partial charge is 0.244 e. The quantitative estimate of drug-likeness (QED) is 0.798. The first-order valence-corrected chi connectivity index (χ1v) is 8.40. The second kappa shape index (κ2) is 6.77. The SMILES string of the molecule is NCC#Cc1ccc(S(=O)(=O)N2CCC(CO)C2)c(Cl)c1. The molecule has 0 aliphatic carbocycles. The van der Waals surface area contributed by atoms with Crippen LogP contribution in [-0.2, 0) is 10.0 Å². The number of benzene rings is 1. The van der Waals surface area contributed by atoms with Crippen molar-refractivity contribution < 1.29 is 13.5 Å². The van der Waals surface area contributed by atoms with E-state index in [0.717, 1.165) is 0 Å². The van der Waals surface area contributed by atoms with E-state index in [1.54, 1.807) is 6.07 Å². The van der Waals surface area contributed by atoms with Crippen molar-refractivity contribution in [2.24, 2.45) is 11.7 Å². The Kier molecular flexibility index (Phi) is 5.25. The second-order valence-corrected chi connectivity index (χ2v) is 7.16. The molecule has 1 unspecified atom stereocenters. The highest BCUT2D eigenvalue weighted by Crippen LogP contribution is 2.29. The topological polar surface area (TPSA) is 83.6 Å². The number of aliphatic hydroxyl groups excluding tert-OH is 1. The lowest BCUT2D eigenvalue weighted by atomic mass is 10.1. The van der Waals surface area contributed by atoms with Gasteiger partial charge in [0, 0.05) is 25.3 Å². The number of halogens is 1. The van der Waals surface area contributed by atoms with Crippen LogP contribution in [0, 0.1) is 17.8 Å². The van der Waals surface area contributed by atoms with E-state index in [1.165, 1.54) is 16.4 Å². The molecule has 114 valence electrons. The molecule has 1 saturated heterocycles. The number of hydrogen-bond acceptors (Lipinski definition) is 4. The van der Waals surface area contributed by atoms with Gasteiger partial charge < -0.3 is 10.8 Å². The molecule has 0 saturated carbocycles. The predicted octanol–water partition coefficient (Wildman–Crippen LogP) is 0.653. The van der Waals surface area contributed by atoms with Gasteiger partial charge in [0.05, 0.1) is 11.6 Å². The van der Waals surface area contributed by atoms with Crippen LogP contribution in [0.3, 0.4) is 0 Å². The van der Waals surface area contributed by atoms with E-state index in [0.29, 0.717) is 25.1 Å². The van der Waals surface area contributed by atoms with Gasteiger partial charge in [-0.1, -0.05) is 23.4 Å². The third-order valence-electron chi connectivity index (χ3n) is 3.39. The van der Waals surface area contributed by atoms with Gasteiger partial charge in [-0.25, -0.2) is 8.42 Å². The van der Waals surface area contributed by atoms with Crippen LogP contribution in [0.15, 0.2) is 23.1 Å². The summed E-state index contributed by atoms with van der Waals surface area (Å²) in [6.07, 6.45) is 0.660. The Morgan fingerprint density at radius 2 is 2.24 bits per heavy atom. The average Bonchev–Trinajstić information content (AvgIpc) is 2.94. The van der Waals surface area contributed by atoms with E-state index in [9.17, 15) is 8.42 Å². The molecule has 0 bridgehead atoms. The van der Waals surface area contributed by atoms with Crippen molar-refractivity contribution in [1.82, 2.24) is 4.31 Å². The van der Waals surface area contributed by atoms with Crippen LogP contribution in [-0.4, -0.2) is 44.1 Å². The summed E-state index contributed by atoms with van der Waals surface area (Å²) in [5.41, 5.74) is 5.92. The molecule has 5 nitrogen and oxygen atoms in total. The zero-order valence-corrected chi connectivity index (χ0v) is 13.0. The van der Waals surface area contributed by atoms with Crippen LogP contribution in [0.25, 0.3) is 0 Å². The summed E-state index contributed by atoms with van der Waals surface area (Å²) < 4.78 is 26.5. The highest BCUT2D eigenvalue weighted by atomic mass is 35.5. The van der Waals surface area contributed by atoms with Crippen molar-refractivity contribution in [3.8, 4) is 11.8 Å². The number of hydrogen-bond donors (Lipinski definition) is 2. The Bertz CT molecular complexity index is 679. The van der Waals surface area contributed by atoms with Crippen molar-refractivity contribution in [3.05, 3.63) is 28.8 Å². The van der Waals surface area contributed by atoms with Crippen molar-refractivity contribution in [3.63, 3.8) is 0 Å². The van der Waals surface area contributed by atoms with Crippen LogP contribution >= 0.6 is 11.6 Å². The summed E-state index contributed by atoms with van der Waals surface area (Å²) >= 11 is 6.09. The highest BCUT2D eigenvalue weighted by Gasteiger charge is 2.33. The molecule has 0 aromatic heterocycles. The maximum absolute atomic E-state index is 12.5. The third kappa shape index (κ3) is 3.57. The molecule has 1 aromatic rings. The van der Waals surface area contributed by atoms with Crippen molar-refractivity contribution in [2.75, 3.05) is 26.2 Å². The fourth-order valence-corrected chi connectivity index (χ4v) is 4.29. The fraction of sp³-hybridized carbons (Fsp3) is 0.429. The fourth-order valence-electron chi connectivity index (χ4n) is 2.24. The average molecular weight is 329 g/mol. The van der Waals surface area contributed by atoms with Crippen molar-refractivity contribution in [2.45, 2.75) is 11.3 Å². The van der Waals surface area contributed by atoms with Crippen LogP contribution in [0.5, 0.6) is 0 Å². The van der Waals surface area contributed by atoms with Gasteiger partial charge >= 0.3 is 0 Å². The van der Waals surface area contributed by atoms with Gasteiger partial charge in [-0.05, 0) is 30.5 Å². The van der Waals surface area contributed by atoms with Crippen LogP contribution < -0.4 is 5.73 Å². The molecule has 21 heavy (non-hydrogen) atoms. The van der Waals surface area contributed by atoms with Crippen LogP contribution in [0.1, 0.15) is 12.0 Å². The maximum Gasteiger partial charge on any atom is 0.244 e.